The van der Waals surface area contributed by atoms with Gasteiger partial charge in [-0.25, -0.2) is 0 Å². The van der Waals surface area contributed by atoms with Crippen LogP contribution in [0.25, 0.3) is 32.8 Å². The van der Waals surface area contributed by atoms with Gasteiger partial charge in [0.25, 0.3) is 5.91 Å². The number of carbonyl (C=O) groups is 2. The molecule has 0 unspecified atom stereocenters. The Labute approximate surface area is 245 Å². The molecule has 0 radical (unpaired) electrons. The summed E-state index contributed by atoms with van der Waals surface area (Å²) in [5, 5.41) is 6.75. The van der Waals surface area contributed by atoms with E-state index in [2.05, 4.69) is 46.2 Å². The fourth-order valence-electron chi connectivity index (χ4n) is 6.57. The predicted octanol–water partition coefficient (Wildman–Crippen LogP) is 5.68. The first-order valence-electron chi connectivity index (χ1n) is 14.2. The maximum absolute atomic E-state index is 14.3. The second-order valence-electron chi connectivity index (χ2n) is 11.3. The molecular formula is C32H37N5O3S. The molecule has 0 saturated carbocycles. The first kappa shape index (κ1) is 27.3. The van der Waals surface area contributed by atoms with Crippen LogP contribution in [-0.4, -0.2) is 62.2 Å². The molecule has 3 aromatic heterocycles. The largest absolute Gasteiger partial charge is 0.496 e. The molecule has 2 aliphatic heterocycles. The Balaban J connectivity index is 1.69. The Bertz CT molecular complexity index is 1680. The zero-order chi connectivity index (χ0) is 29.2. The summed E-state index contributed by atoms with van der Waals surface area (Å²) in [5.41, 5.74) is 10.1. The molecule has 0 N–H and O–H groups in total. The molecule has 9 heteroatoms. The van der Waals surface area contributed by atoms with Gasteiger partial charge in [0, 0.05) is 84.6 Å². The van der Waals surface area contributed by atoms with E-state index in [9.17, 15) is 9.59 Å². The van der Waals surface area contributed by atoms with Crippen molar-refractivity contribution in [1.82, 2.24) is 24.1 Å². The van der Waals surface area contributed by atoms with E-state index in [4.69, 9.17) is 4.74 Å². The molecule has 2 aliphatic rings. The van der Waals surface area contributed by atoms with Crippen molar-refractivity contribution in [3.63, 3.8) is 0 Å². The number of fused-ring (bicyclic) bond motifs is 5. The maximum Gasteiger partial charge on any atom is 0.271 e. The molecule has 0 fully saturated rings. The molecule has 4 aromatic rings. The third-order valence-corrected chi connectivity index (χ3v) is 9.57. The van der Waals surface area contributed by atoms with E-state index < -0.39 is 0 Å². The van der Waals surface area contributed by atoms with Crippen molar-refractivity contribution in [2.75, 3.05) is 20.2 Å². The average Bonchev–Trinajstić information content (AvgIpc) is 3.62. The van der Waals surface area contributed by atoms with Gasteiger partial charge in [-0.15, -0.1) is 11.3 Å². The number of aromatic nitrogens is 3. The van der Waals surface area contributed by atoms with E-state index in [0.717, 1.165) is 61.9 Å². The normalized spacial score (nSPS) is 15.0. The number of benzene rings is 1. The lowest BCUT2D eigenvalue weighted by atomic mass is 9.90. The highest BCUT2D eigenvalue weighted by Crippen LogP contribution is 2.48. The summed E-state index contributed by atoms with van der Waals surface area (Å²) in [7, 11) is 3.68. The Morgan fingerprint density at radius 3 is 2.46 bits per heavy atom. The molecule has 0 spiro atoms. The monoisotopic (exact) mass is 571 g/mol. The highest BCUT2D eigenvalue weighted by molar-refractivity contribution is 7.13. The summed E-state index contributed by atoms with van der Waals surface area (Å²) in [5.74, 6) is 0.882. The number of nitrogens with zero attached hydrogens (tertiary/aromatic N) is 5. The van der Waals surface area contributed by atoms with Gasteiger partial charge in [0.05, 0.1) is 18.5 Å². The number of hydrogen-bond donors (Lipinski definition) is 0. The second-order valence-corrected chi connectivity index (χ2v) is 12.3. The first-order valence-corrected chi connectivity index (χ1v) is 15.1. The molecule has 5 heterocycles. The Morgan fingerprint density at radius 2 is 1.85 bits per heavy atom. The summed E-state index contributed by atoms with van der Waals surface area (Å²) in [6, 6.07) is 8.58. The molecule has 0 aliphatic carbocycles. The maximum atomic E-state index is 14.3. The van der Waals surface area contributed by atoms with E-state index in [0.29, 0.717) is 31.9 Å². The van der Waals surface area contributed by atoms with Gasteiger partial charge in [-0.2, -0.15) is 5.10 Å². The molecule has 1 aromatic carbocycles. The highest BCUT2D eigenvalue weighted by atomic mass is 32.1. The Hall–Kier alpha value is -3.85. The number of aryl methyl sites for hydroxylation is 3. The predicted molar refractivity (Wildman–Crippen MR) is 162 cm³/mol. The minimum absolute atomic E-state index is 0.0156. The van der Waals surface area contributed by atoms with Crippen LogP contribution >= 0.6 is 11.3 Å². The molecule has 2 amide bonds. The van der Waals surface area contributed by atoms with Crippen molar-refractivity contribution in [2.24, 2.45) is 7.05 Å². The molecule has 6 rings (SSSR count). The van der Waals surface area contributed by atoms with Crippen LogP contribution in [0.1, 0.15) is 53.8 Å². The molecule has 0 bridgehead atoms. The van der Waals surface area contributed by atoms with Crippen molar-refractivity contribution >= 4 is 23.2 Å². The molecule has 0 saturated heterocycles. The van der Waals surface area contributed by atoms with Gasteiger partial charge in [-0.1, -0.05) is 6.07 Å². The van der Waals surface area contributed by atoms with Crippen LogP contribution in [-0.2, 0) is 31.4 Å². The fourth-order valence-corrected chi connectivity index (χ4v) is 7.36. The number of hydrogen-bond acceptors (Lipinski definition) is 5. The lowest BCUT2D eigenvalue weighted by Gasteiger charge is -2.34. The molecule has 214 valence electrons. The van der Waals surface area contributed by atoms with Crippen molar-refractivity contribution in [2.45, 2.75) is 60.2 Å². The van der Waals surface area contributed by atoms with Gasteiger partial charge < -0.3 is 19.1 Å². The highest BCUT2D eigenvalue weighted by Gasteiger charge is 2.37. The van der Waals surface area contributed by atoms with E-state index in [-0.39, 0.29) is 17.9 Å². The van der Waals surface area contributed by atoms with Gasteiger partial charge in [-0.3, -0.25) is 14.3 Å². The minimum Gasteiger partial charge on any atom is -0.496 e. The number of methoxy groups -OCH3 is 1. The van der Waals surface area contributed by atoms with Crippen LogP contribution in [0, 0.1) is 13.8 Å². The molecular weight excluding hydrogens is 534 g/mol. The van der Waals surface area contributed by atoms with Crippen molar-refractivity contribution in [1.29, 1.82) is 0 Å². The third kappa shape index (κ3) is 4.29. The average molecular weight is 572 g/mol. The van der Waals surface area contributed by atoms with Gasteiger partial charge in [-0.05, 0) is 63.3 Å². The summed E-state index contributed by atoms with van der Waals surface area (Å²) < 4.78 is 10.1. The number of carbonyl (C=O) groups excluding carboxylic acids is 2. The molecule has 41 heavy (non-hydrogen) atoms. The summed E-state index contributed by atoms with van der Waals surface area (Å²) >= 11 is 1.67. The minimum atomic E-state index is 0.0156. The fraction of sp³-hybridized carbons (Fsp3) is 0.406. The topological polar surface area (TPSA) is 72.6 Å². The number of rotatable bonds is 4. The van der Waals surface area contributed by atoms with Crippen molar-refractivity contribution in [3.8, 4) is 38.6 Å². The Kier molecular flexibility index (Phi) is 6.80. The summed E-state index contributed by atoms with van der Waals surface area (Å²) in [4.78, 5) is 32.0. The van der Waals surface area contributed by atoms with E-state index in [1.165, 1.54) is 5.56 Å². The van der Waals surface area contributed by atoms with Crippen molar-refractivity contribution in [3.05, 3.63) is 57.9 Å². The quantitative estimate of drug-likeness (QED) is 0.316. The lowest BCUT2D eigenvalue weighted by molar-refractivity contribution is -0.129. The van der Waals surface area contributed by atoms with Crippen LogP contribution in [0.2, 0.25) is 0 Å². The van der Waals surface area contributed by atoms with Crippen LogP contribution in [0.4, 0.5) is 0 Å². The van der Waals surface area contributed by atoms with Gasteiger partial charge in [0.15, 0.2) is 0 Å². The smallest absolute Gasteiger partial charge is 0.271 e. The molecule has 0 atom stereocenters. The van der Waals surface area contributed by atoms with Crippen LogP contribution in [0.3, 0.4) is 0 Å². The van der Waals surface area contributed by atoms with Gasteiger partial charge >= 0.3 is 0 Å². The van der Waals surface area contributed by atoms with Crippen LogP contribution in [0.15, 0.2) is 29.6 Å². The third-order valence-electron chi connectivity index (χ3n) is 8.69. The number of thiophene rings is 1. The number of amides is 2. The van der Waals surface area contributed by atoms with Crippen molar-refractivity contribution < 1.29 is 14.3 Å². The number of ether oxygens (including phenoxy) is 1. The van der Waals surface area contributed by atoms with Gasteiger partial charge in [0.2, 0.25) is 5.91 Å². The zero-order valence-electron chi connectivity index (χ0n) is 24.9. The molecule has 8 nitrogen and oxygen atoms in total. The standard InChI is InChI=1S/C32H37N5O3S/c1-18(2)36-13-12-35(21(5)38)17-25-29(27-9-8-14-41-27)30-23-16-24(28-19(3)33-34(6)20(28)4)26(40-7)15-22(23)10-11-37(30)31(25)32(36)39/h8-9,14-16,18H,10-13,17H2,1-7H3. The Morgan fingerprint density at radius 1 is 1.07 bits per heavy atom. The van der Waals surface area contributed by atoms with Crippen LogP contribution < -0.4 is 4.74 Å². The lowest BCUT2D eigenvalue weighted by Crippen LogP contribution is -2.46. The van der Waals surface area contributed by atoms with E-state index >= 15 is 0 Å². The second kappa shape index (κ2) is 10.2. The van der Waals surface area contributed by atoms with E-state index in [1.54, 1.807) is 25.4 Å². The van der Waals surface area contributed by atoms with Gasteiger partial charge in [0.1, 0.15) is 11.4 Å². The first-order chi connectivity index (χ1) is 19.6. The SMILES string of the molecule is COc1cc2c(cc1-c1c(C)nn(C)c1C)-c1c(-c3cccs3)c3c(n1CC2)C(=O)N(C(C)C)CCN(C(C)=O)C3. The van der Waals surface area contributed by atoms with E-state index in [1.807, 2.05) is 42.3 Å². The van der Waals surface area contributed by atoms with Crippen LogP contribution in [0.5, 0.6) is 5.75 Å². The summed E-state index contributed by atoms with van der Waals surface area (Å²) in [6.07, 6.45) is 0.778. The summed E-state index contributed by atoms with van der Waals surface area (Å²) in [6.45, 7) is 11.9. The zero-order valence-corrected chi connectivity index (χ0v) is 25.7.